The molecule has 0 radical (unpaired) electrons. The zero-order valence-electron chi connectivity index (χ0n) is 12.1. The van der Waals surface area contributed by atoms with Gasteiger partial charge in [0.05, 0.1) is 0 Å². The Morgan fingerprint density at radius 2 is 2.10 bits per heavy atom. The monoisotopic (exact) mass is 278 g/mol. The Labute approximate surface area is 118 Å². The zero-order chi connectivity index (χ0) is 14.5. The van der Waals surface area contributed by atoms with E-state index in [1.165, 1.54) is 16.8 Å². The minimum Gasteiger partial charge on any atom is -0.348 e. The van der Waals surface area contributed by atoms with Crippen LogP contribution < -0.4 is 10.9 Å². The molecule has 0 spiro atoms. The topological polar surface area (TPSA) is 67.2 Å². The second-order valence-corrected chi connectivity index (χ2v) is 5.33. The van der Waals surface area contributed by atoms with Gasteiger partial charge in [-0.3, -0.25) is 9.59 Å². The van der Waals surface area contributed by atoms with E-state index in [0.29, 0.717) is 12.2 Å². The summed E-state index contributed by atoms with van der Waals surface area (Å²) >= 11 is 0. The maximum Gasteiger partial charge on any atom is 0.271 e. The molecule has 0 atom stereocenters. The van der Waals surface area contributed by atoms with Crippen LogP contribution in [0.15, 0.2) is 16.9 Å². The van der Waals surface area contributed by atoms with Crippen molar-refractivity contribution in [1.29, 1.82) is 0 Å². The van der Waals surface area contributed by atoms with Crippen LogP contribution in [0.25, 0.3) is 0 Å². The lowest BCUT2D eigenvalue weighted by Gasteiger charge is -2.29. The van der Waals surface area contributed by atoms with Gasteiger partial charge in [-0.05, 0) is 45.5 Å². The molecule has 1 saturated heterocycles. The summed E-state index contributed by atoms with van der Waals surface area (Å²) in [6.45, 7) is 4.50. The number of piperidine rings is 1. The van der Waals surface area contributed by atoms with Gasteiger partial charge in [0.15, 0.2) is 0 Å². The fourth-order valence-corrected chi connectivity index (χ4v) is 2.35. The van der Waals surface area contributed by atoms with Gasteiger partial charge in [-0.15, -0.1) is 0 Å². The third-order valence-corrected chi connectivity index (χ3v) is 3.59. The van der Waals surface area contributed by atoms with Crippen molar-refractivity contribution in [3.63, 3.8) is 0 Å². The van der Waals surface area contributed by atoms with Gasteiger partial charge < -0.3 is 10.2 Å². The Hall–Kier alpha value is -1.69. The standard InChI is InChI=1S/C14H22N4O2/c1-3-8-18-13(19)5-4-12(16-18)14(20)15-11-6-9-17(2)10-7-11/h4-5,11H,3,6-10H2,1-2H3,(H,15,20). The largest absolute Gasteiger partial charge is 0.348 e. The number of hydrogen-bond donors (Lipinski definition) is 1. The first-order valence-electron chi connectivity index (χ1n) is 7.17. The molecule has 1 aliphatic rings. The summed E-state index contributed by atoms with van der Waals surface area (Å²) in [5.41, 5.74) is 0.152. The highest BCUT2D eigenvalue weighted by atomic mass is 16.2. The molecular formula is C14H22N4O2. The van der Waals surface area contributed by atoms with Gasteiger partial charge in [0.2, 0.25) is 0 Å². The van der Waals surface area contributed by atoms with Crippen molar-refractivity contribution in [2.75, 3.05) is 20.1 Å². The molecule has 6 heteroatoms. The lowest BCUT2D eigenvalue weighted by atomic mass is 10.1. The number of likely N-dealkylation sites (tertiary alicyclic amines) is 1. The number of carbonyl (C=O) groups excluding carboxylic acids is 1. The Kier molecular flexibility index (Phi) is 4.89. The first-order chi connectivity index (χ1) is 9.60. The summed E-state index contributed by atoms with van der Waals surface area (Å²) in [5.74, 6) is -0.190. The van der Waals surface area contributed by atoms with E-state index in [1.807, 2.05) is 6.92 Å². The molecule has 1 amide bonds. The molecule has 1 N–H and O–H groups in total. The smallest absolute Gasteiger partial charge is 0.271 e. The Morgan fingerprint density at radius 1 is 1.40 bits per heavy atom. The number of amides is 1. The van der Waals surface area contributed by atoms with Gasteiger partial charge in [-0.2, -0.15) is 5.10 Å². The van der Waals surface area contributed by atoms with Crippen molar-refractivity contribution >= 4 is 5.91 Å². The lowest BCUT2D eigenvalue weighted by Crippen LogP contribution is -2.43. The van der Waals surface area contributed by atoms with Crippen LogP contribution in [-0.2, 0) is 6.54 Å². The summed E-state index contributed by atoms with van der Waals surface area (Å²) in [7, 11) is 2.08. The second-order valence-electron chi connectivity index (χ2n) is 5.33. The number of carbonyl (C=O) groups is 1. The number of hydrogen-bond acceptors (Lipinski definition) is 4. The lowest BCUT2D eigenvalue weighted by molar-refractivity contribution is 0.0909. The number of aryl methyl sites for hydroxylation is 1. The predicted molar refractivity (Wildman–Crippen MR) is 76.8 cm³/mol. The quantitative estimate of drug-likeness (QED) is 0.870. The molecule has 1 aliphatic heterocycles. The fraction of sp³-hybridized carbons (Fsp3) is 0.643. The molecule has 1 fully saturated rings. The van der Waals surface area contributed by atoms with E-state index in [0.717, 1.165) is 32.4 Å². The average molecular weight is 278 g/mol. The highest BCUT2D eigenvalue weighted by molar-refractivity contribution is 5.92. The van der Waals surface area contributed by atoms with Crippen LogP contribution in [0.3, 0.4) is 0 Å². The molecule has 2 heterocycles. The van der Waals surface area contributed by atoms with E-state index in [1.54, 1.807) is 0 Å². The SMILES string of the molecule is CCCn1nc(C(=O)NC2CCN(C)CC2)ccc1=O. The fourth-order valence-electron chi connectivity index (χ4n) is 2.35. The van der Waals surface area contributed by atoms with Crippen LogP contribution in [0.2, 0.25) is 0 Å². The molecule has 0 bridgehead atoms. The van der Waals surface area contributed by atoms with E-state index in [9.17, 15) is 9.59 Å². The third-order valence-electron chi connectivity index (χ3n) is 3.59. The summed E-state index contributed by atoms with van der Waals surface area (Å²) in [5, 5.41) is 7.13. The van der Waals surface area contributed by atoms with E-state index in [-0.39, 0.29) is 17.5 Å². The third kappa shape index (κ3) is 3.66. The Balaban J connectivity index is 2.02. The van der Waals surface area contributed by atoms with Gasteiger partial charge in [-0.1, -0.05) is 6.92 Å². The summed E-state index contributed by atoms with van der Waals surface area (Å²) < 4.78 is 1.35. The highest BCUT2D eigenvalue weighted by Gasteiger charge is 2.20. The van der Waals surface area contributed by atoms with E-state index in [2.05, 4.69) is 22.4 Å². The normalized spacial score (nSPS) is 17.1. The first-order valence-corrected chi connectivity index (χ1v) is 7.17. The summed E-state index contributed by atoms with van der Waals surface area (Å²) in [4.78, 5) is 26.0. The van der Waals surface area contributed by atoms with Crippen molar-refractivity contribution in [1.82, 2.24) is 20.0 Å². The van der Waals surface area contributed by atoms with Gasteiger partial charge in [0.25, 0.3) is 11.5 Å². The van der Waals surface area contributed by atoms with Crippen LogP contribution in [0.4, 0.5) is 0 Å². The van der Waals surface area contributed by atoms with Gasteiger partial charge in [0.1, 0.15) is 5.69 Å². The van der Waals surface area contributed by atoms with Gasteiger partial charge in [0, 0.05) is 18.7 Å². The van der Waals surface area contributed by atoms with Gasteiger partial charge >= 0.3 is 0 Å². The number of nitrogens with zero attached hydrogens (tertiary/aromatic N) is 3. The molecular weight excluding hydrogens is 256 g/mol. The maximum absolute atomic E-state index is 12.2. The van der Waals surface area contributed by atoms with Crippen molar-refractivity contribution in [2.45, 2.75) is 38.8 Å². The number of nitrogens with one attached hydrogen (secondary N) is 1. The van der Waals surface area contributed by atoms with Crippen molar-refractivity contribution in [2.24, 2.45) is 0 Å². The van der Waals surface area contributed by atoms with Crippen LogP contribution >= 0.6 is 0 Å². The summed E-state index contributed by atoms with van der Waals surface area (Å²) in [6, 6.07) is 3.11. The molecule has 110 valence electrons. The Morgan fingerprint density at radius 3 is 2.75 bits per heavy atom. The van der Waals surface area contributed by atoms with Crippen LogP contribution in [-0.4, -0.2) is 46.8 Å². The van der Waals surface area contributed by atoms with E-state index >= 15 is 0 Å². The average Bonchev–Trinajstić information content (AvgIpc) is 2.44. The van der Waals surface area contributed by atoms with Crippen LogP contribution in [0, 0.1) is 0 Å². The van der Waals surface area contributed by atoms with Crippen molar-refractivity contribution < 1.29 is 4.79 Å². The minimum absolute atomic E-state index is 0.164. The highest BCUT2D eigenvalue weighted by Crippen LogP contribution is 2.08. The molecule has 20 heavy (non-hydrogen) atoms. The minimum atomic E-state index is -0.190. The molecule has 1 aromatic heterocycles. The van der Waals surface area contributed by atoms with E-state index in [4.69, 9.17) is 0 Å². The first kappa shape index (κ1) is 14.7. The summed E-state index contributed by atoms with van der Waals surface area (Å²) in [6.07, 6.45) is 2.72. The number of aromatic nitrogens is 2. The predicted octanol–water partition coefficient (Wildman–Crippen LogP) is 0.477. The van der Waals surface area contributed by atoms with Crippen LogP contribution in [0.5, 0.6) is 0 Å². The molecule has 0 saturated carbocycles. The Bertz CT molecular complexity index is 518. The molecule has 6 nitrogen and oxygen atoms in total. The molecule has 0 unspecified atom stereocenters. The van der Waals surface area contributed by atoms with Crippen LogP contribution in [0.1, 0.15) is 36.7 Å². The number of rotatable bonds is 4. The molecule has 0 aromatic carbocycles. The zero-order valence-corrected chi connectivity index (χ0v) is 12.1. The van der Waals surface area contributed by atoms with Crippen molar-refractivity contribution in [3.05, 3.63) is 28.2 Å². The van der Waals surface area contributed by atoms with E-state index < -0.39 is 0 Å². The second kappa shape index (κ2) is 6.65. The van der Waals surface area contributed by atoms with Crippen molar-refractivity contribution in [3.8, 4) is 0 Å². The molecule has 0 aliphatic carbocycles. The maximum atomic E-state index is 12.2. The molecule has 2 rings (SSSR count). The van der Waals surface area contributed by atoms with Gasteiger partial charge in [-0.25, -0.2) is 4.68 Å². The molecule has 1 aromatic rings.